The van der Waals surface area contributed by atoms with E-state index in [0.29, 0.717) is 24.2 Å². The minimum atomic E-state index is -0.000637. The molecule has 0 aromatic rings. The van der Waals surface area contributed by atoms with Crippen LogP contribution in [0.15, 0.2) is 12.2 Å². The van der Waals surface area contributed by atoms with Crippen LogP contribution in [0, 0.1) is 0 Å². The molecular formula is C14H28N2O. The lowest BCUT2D eigenvalue weighted by Crippen LogP contribution is -2.42. The van der Waals surface area contributed by atoms with Crippen molar-refractivity contribution in [3.05, 3.63) is 12.2 Å². The highest BCUT2D eigenvalue weighted by Crippen LogP contribution is 2.04. The van der Waals surface area contributed by atoms with E-state index < -0.39 is 0 Å². The van der Waals surface area contributed by atoms with Gasteiger partial charge in [0.15, 0.2) is 0 Å². The van der Waals surface area contributed by atoms with Crippen LogP contribution in [0.5, 0.6) is 0 Å². The maximum absolute atomic E-state index is 11.6. The summed E-state index contributed by atoms with van der Waals surface area (Å²) < 4.78 is 0. The van der Waals surface area contributed by atoms with Crippen LogP contribution in [0.25, 0.3) is 0 Å². The van der Waals surface area contributed by atoms with Crippen molar-refractivity contribution in [2.24, 2.45) is 0 Å². The molecule has 0 unspecified atom stereocenters. The number of nitrogens with one attached hydrogen (secondary N) is 1. The van der Waals surface area contributed by atoms with Gasteiger partial charge in [0.2, 0.25) is 5.91 Å². The third-order valence-corrected chi connectivity index (χ3v) is 2.86. The minimum absolute atomic E-state index is 0.000637. The Hall–Kier alpha value is -0.830. The van der Waals surface area contributed by atoms with Crippen LogP contribution in [0.2, 0.25) is 0 Å². The van der Waals surface area contributed by atoms with Gasteiger partial charge in [0.1, 0.15) is 0 Å². The van der Waals surface area contributed by atoms with Crippen LogP contribution < -0.4 is 5.32 Å². The Balaban J connectivity index is 3.96. The van der Waals surface area contributed by atoms with Crippen molar-refractivity contribution in [3.8, 4) is 0 Å². The van der Waals surface area contributed by atoms with E-state index in [0.717, 1.165) is 19.4 Å². The predicted octanol–water partition coefficient (Wildman–Crippen LogP) is 2.58. The Morgan fingerprint density at radius 3 is 2.18 bits per heavy atom. The molecular weight excluding hydrogens is 212 g/mol. The van der Waals surface area contributed by atoms with Crippen molar-refractivity contribution in [1.29, 1.82) is 0 Å². The first kappa shape index (κ1) is 16.2. The maximum atomic E-state index is 11.6. The Morgan fingerprint density at radius 2 is 1.76 bits per heavy atom. The second-order valence-corrected chi connectivity index (χ2v) is 5.03. The summed E-state index contributed by atoms with van der Waals surface area (Å²) in [4.78, 5) is 14.0. The van der Waals surface area contributed by atoms with E-state index in [2.05, 4.69) is 51.4 Å². The lowest BCUT2D eigenvalue weighted by molar-refractivity contribution is -0.117. The number of hydrogen-bond donors (Lipinski definition) is 1. The summed E-state index contributed by atoms with van der Waals surface area (Å²) in [5, 5.41) is 2.93. The molecule has 0 atom stereocenters. The molecule has 0 aliphatic carbocycles. The zero-order chi connectivity index (χ0) is 13.4. The Bertz CT molecular complexity index is 239. The average molecular weight is 240 g/mol. The van der Waals surface area contributed by atoms with Crippen molar-refractivity contribution in [2.45, 2.75) is 59.5 Å². The molecule has 0 rings (SSSR count). The smallest absolute Gasteiger partial charge is 0.246 e. The van der Waals surface area contributed by atoms with Gasteiger partial charge in [-0.3, -0.25) is 9.69 Å². The summed E-state index contributed by atoms with van der Waals surface area (Å²) in [7, 11) is 0. The first-order chi connectivity index (χ1) is 7.90. The molecule has 100 valence electrons. The molecule has 3 nitrogen and oxygen atoms in total. The van der Waals surface area contributed by atoms with Gasteiger partial charge < -0.3 is 5.32 Å². The van der Waals surface area contributed by atoms with E-state index >= 15 is 0 Å². The molecule has 0 spiro atoms. The van der Waals surface area contributed by atoms with Crippen LogP contribution in [-0.2, 0) is 4.79 Å². The van der Waals surface area contributed by atoms with Gasteiger partial charge in [0, 0.05) is 30.7 Å². The number of rotatable bonds is 8. The maximum Gasteiger partial charge on any atom is 0.246 e. The van der Waals surface area contributed by atoms with Gasteiger partial charge in [-0.1, -0.05) is 19.9 Å². The second kappa shape index (κ2) is 8.29. The third-order valence-electron chi connectivity index (χ3n) is 2.86. The van der Waals surface area contributed by atoms with E-state index in [1.807, 2.05) is 0 Å². The highest BCUT2D eigenvalue weighted by atomic mass is 16.1. The molecule has 0 aliphatic heterocycles. The number of carbonyl (C=O) groups is 1. The molecule has 0 fully saturated rings. The first-order valence-electron chi connectivity index (χ1n) is 6.61. The zero-order valence-electron chi connectivity index (χ0n) is 12.0. The molecule has 0 aromatic carbocycles. The fraction of sp³-hybridized carbons (Fsp3) is 0.786. The van der Waals surface area contributed by atoms with Crippen molar-refractivity contribution in [1.82, 2.24) is 10.2 Å². The highest BCUT2D eigenvalue weighted by Gasteiger charge is 2.13. The summed E-state index contributed by atoms with van der Waals surface area (Å²) in [6, 6.07) is 1.01. The van der Waals surface area contributed by atoms with E-state index in [-0.39, 0.29) is 5.91 Å². The van der Waals surface area contributed by atoms with Crippen LogP contribution in [-0.4, -0.2) is 36.0 Å². The zero-order valence-corrected chi connectivity index (χ0v) is 12.0. The Morgan fingerprint density at radius 1 is 1.24 bits per heavy atom. The number of carbonyl (C=O) groups excluding carboxylic acids is 1. The Labute approximate surface area is 106 Å². The monoisotopic (exact) mass is 240 g/mol. The molecule has 0 heterocycles. The molecule has 1 amide bonds. The molecule has 0 aliphatic rings. The average Bonchev–Trinajstić information content (AvgIpc) is 2.23. The van der Waals surface area contributed by atoms with E-state index in [1.165, 1.54) is 0 Å². The van der Waals surface area contributed by atoms with Gasteiger partial charge in [-0.15, -0.1) is 0 Å². The van der Waals surface area contributed by atoms with Gasteiger partial charge >= 0.3 is 0 Å². The van der Waals surface area contributed by atoms with Gasteiger partial charge in [-0.25, -0.2) is 0 Å². The summed E-state index contributed by atoms with van der Waals surface area (Å²) in [6.45, 7) is 16.1. The normalized spacial score (nSPS) is 11.3. The van der Waals surface area contributed by atoms with Crippen molar-refractivity contribution in [2.75, 3.05) is 13.1 Å². The lowest BCUT2D eigenvalue weighted by Gasteiger charge is -2.30. The molecule has 0 radical (unpaired) electrons. The fourth-order valence-electron chi connectivity index (χ4n) is 1.95. The quantitative estimate of drug-likeness (QED) is 0.661. The van der Waals surface area contributed by atoms with Crippen LogP contribution in [0.4, 0.5) is 0 Å². The SMILES string of the molecule is C=C(CCC)C(=O)NCCN(C(C)C)C(C)C. The molecule has 0 saturated heterocycles. The summed E-state index contributed by atoms with van der Waals surface area (Å²) in [5.41, 5.74) is 0.688. The molecule has 17 heavy (non-hydrogen) atoms. The van der Waals surface area contributed by atoms with Gasteiger partial charge in [-0.05, 0) is 34.1 Å². The van der Waals surface area contributed by atoms with E-state index in [9.17, 15) is 4.79 Å². The van der Waals surface area contributed by atoms with Gasteiger partial charge in [-0.2, -0.15) is 0 Å². The van der Waals surface area contributed by atoms with Gasteiger partial charge in [0.05, 0.1) is 0 Å². The van der Waals surface area contributed by atoms with Crippen molar-refractivity contribution >= 4 is 5.91 Å². The van der Waals surface area contributed by atoms with Crippen molar-refractivity contribution in [3.63, 3.8) is 0 Å². The fourth-order valence-corrected chi connectivity index (χ4v) is 1.95. The molecule has 3 heteroatoms. The van der Waals surface area contributed by atoms with Crippen LogP contribution in [0.1, 0.15) is 47.5 Å². The Kier molecular flexibility index (Phi) is 7.88. The topological polar surface area (TPSA) is 32.3 Å². The van der Waals surface area contributed by atoms with E-state index in [4.69, 9.17) is 0 Å². The standard InChI is InChI=1S/C14H28N2O/c1-7-8-13(6)14(17)15-9-10-16(11(2)3)12(4)5/h11-12H,6-10H2,1-5H3,(H,15,17). The number of hydrogen-bond acceptors (Lipinski definition) is 2. The molecule has 0 bridgehead atoms. The first-order valence-corrected chi connectivity index (χ1v) is 6.61. The number of nitrogens with zero attached hydrogens (tertiary/aromatic N) is 1. The van der Waals surface area contributed by atoms with E-state index in [1.54, 1.807) is 0 Å². The molecule has 1 N–H and O–H groups in total. The summed E-state index contributed by atoms with van der Waals surface area (Å²) >= 11 is 0. The lowest BCUT2D eigenvalue weighted by atomic mass is 10.1. The third kappa shape index (κ3) is 6.47. The molecule has 0 saturated carbocycles. The van der Waals surface area contributed by atoms with Crippen LogP contribution in [0.3, 0.4) is 0 Å². The van der Waals surface area contributed by atoms with Crippen LogP contribution >= 0.6 is 0 Å². The second-order valence-electron chi connectivity index (χ2n) is 5.03. The summed E-state index contributed by atoms with van der Waals surface area (Å²) in [6.07, 6.45) is 1.75. The largest absolute Gasteiger partial charge is 0.351 e. The number of amides is 1. The molecule has 0 aromatic heterocycles. The minimum Gasteiger partial charge on any atom is -0.351 e. The predicted molar refractivity (Wildman–Crippen MR) is 74.0 cm³/mol. The summed E-state index contributed by atoms with van der Waals surface area (Å²) in [5.74, 6) is -0.000637. The van der Waals surface area contributed by atoms with Gasteiger partial charge in [0.25, 0.3) is 0 Å². The van der Waals surface area contributed by atoms with Crippen molar-refractivity contribution < 1.29 is 4.79 Å². The highest BCUT2D eigenvalue weighted by molar-refractivity contribution is 5.92.